The maximum absolute atomic E-state index is 13.7. The number of rotatable bonds is 4. The number of carbonyl (C=O) groups is 1. The molecule has 2 aromatic rings. The van der Waals surface area contributed by atoms with Crippen LogP contribution in [0.1, 0.15) is 0 Å². The number of halogens is 3. The molecule has 1 fully saturated rings. The smallest absolute Gasteiger partial charge is 0.187 e. The van der Waals surface area contributed by atoms with Gasteiger partial charge in [-0.25, -0.2) is 9.07 Å². The number of nitrogens with zero attached hydrogens (tertiary/aromatic N) is 4. The molecule has 1 aromatic carbocycles. The van der Waals surface area contributed by atoms with Crippen LogP contribution in [0.4, 0.5) is 10.1 Å². The van der Waals surface area contributed by atoms with Crippen molar-refractivity contribution in [2.45, 2.75) is 18.9 Å². The van der Waals surface area contributed by atoms with E-state index in [-0.39, 0.29) is 11.9 Å². The maximum Gasteiger partial charge on any atom is 0.187 e. The number of ether oxygens (including phenoxy) is 1. The molecule has 1 unspecified atom stereocenters. The van der Waals surface area contributed by atoms with Gasteiger partial charge in [-0.15, -0.1) is 5.10 Å². The van der Waals surface area contributed by atoms with Crippen molar-refractivity contribution < 1.29 is 13.9 Å². The fourth-order valence-corrected chi connectivity index (χ4v) is 2.81. The first kappa shape index (κ1) is 15.6. The lowest BCUT2D eigenvalue weighted by atomic mass is 10.2. The van der Waals surface area contributed by atoms with Gasteiger partial charge in [0.2, 0.25) is 0 Å². The fourth-order valence-electron chi connectivity index (χ4n) is 2.33. The molecular formula is C13H11ClFIN4O2. The second kappa shape index (κ2) is 6.47. The molecule has 6 nitrogen and oxygen atoms in total. The third kappa shape index (κ3) is 3.23. The van der Waals surface area contributed by atoms with Crippen LogP contribution in [0, 0.1) is 9.39 Å². The lowest BCUT2D eigenvalue weighted by molar-refractivity contribution is -0.117. The van der Waals surface area contributed by atoms with Crippen LogP contribution in [0.25, 0.3) is 0 Å². The van der Waals surface area contributed by atoms with Crippen molar-refractivity contribution in [3.05, 3.63) is 38.9 Å². The van der Waals surface area contributed by atoms with E-state index in [9.17, 15) is 9.18 Å². The summed E-state index contributed by atoms with van der Waals surface area (Å²) < 4.78 is 21.4. The molecule has 1 aliphatic heterocycles. The van der Waals surface area contributed by atoms with E-state index >= 15 is 0 Å². The quantitative estimate of drug-likeness (QED) is 0.543. The Bertz CT molecular complexity index is 698. The predicted octanol–water partition coefficient (Wildman–Crippen LogP) is 2.11. The van der Waals surface area contributed by atoms with Crippen molar-refractivity contribution in [2.24, 2.45) is 0 Å². The van der Waals surface area contributed by atoms with Crippen LogP contribution in [-0.2, 0) is 16.1 Å². The maximum atomic E-state index is 13.7. The summed E-state index contributed by atoms with van der Waals surface area (Å²) in [7, 11) is 0. The summed E-state index contributed by atoms with van der Waals surface area (Å²) in [5.74, 6) is -0.325. The minimum absolute atomic E-state index is 0.268. The first-order valence-corrected chi connectivity index (χ1v) is 7.90. The highest BCUT2D eigenvalue weighted by atomic mass is 127. The van der Waals surface area contributed by atoms with Crippen LogP contribution in [0.5, 0.6) is 0 Å². The van der Waals surface area contributed by atoms with Gasteiger partial charge >= 0.3 is 0 Å². The Labute approximate surface area is 144 Å². The van der Waals surface area contributed by atoms with E-state index < -0.39 is 6.23 Å². The molecule has 22 heavy (non-hydrogen) atoms. The first-order valence-electron chi connectivity index (χ1n) is 6.45. The van der Waals surface area contributed by atoms with Crippen LogP contribution < -0.4 is 4.90 Å². The third-order valence-electron chi connectivity index (χ3n) is 3.29. The number of benzene rings is 1. The van der Waals surface area contributed by atoms with Gasteiger partial charge in [-0.05, 0) is 40.8 Å². The number of hydrogen-bond acceptors (Lipinski definition) is 5. The van der Waals surface area contributed by atoms with Gasteiger partial charge in [0.05, 0.1) is 18.8 Å². The summed E-state index contributed by atoms with van der Waals surface area (Å²) in [6, 6.07) is 4.83. The highest BCUT2D eigenvalue weighted by Crippen LogP contribution is 2.26. The number of carbonyl (C=O) groups excluding carboxylic acids is 1. The van der Waals surface area contributed by atoms with E-state index in [0.717, 1.165) is 0 Å². The summed E-state index contributed by atoms with van der Waals surface area (Å²) in [4.78, 5) is 12.9. The van der Waals surface area contributed by atoms with Crippen LogP contribution in [-0.4, -0.2) is 40.2 Å². The van der Waals surface area contributed by atoms with E-state index in [1.165, 1.54) is 6.07 Å². The standard InChI is InChI=1S/C13H11ClFIN4O2/c14-12-6-19(18-17-12)4-9-5-20(13(7-21)22-9)8-1-2-11(16)10(15)3-8/h1-3,6-7,9,13H,4-5H2/t9-,13?/m0/s1. The average Bonchev–Trinajstić information content (AvgIpc) is 3.08. The Morgan fingerprint density at radius 2 is 2.36 bits per heavy atom. The van der Waals surface area contributed by atoms with Gasteiger partial charge in [0, 0.05) is 15.8 Å². The topological polar surface area (TPSA) is 60.3 Å². The molecule has 9 heteroatoms. The molecule has 116 valence electrons. The van der Waals surface area contributed by atoms with Crippen LogP contribution in [0.3, 0.4) is 0 Å². The zero-order chi connectivity index (χ0) is 15.7. The first-order chi connectivity index (χ1) is 10.6. The normalized spacial score (nSPS) is 21.3. The highest BCUT2D eigenvalue weighted by Gasteiger charge is 2.33. The predicted molar refractivity (Wildman–Crippen MR) is 86.2 cm³/mol. The van der Waals surface area contributed by atoms with Crippen molar-refractivity contribution in [3.8, 4) is 0 Å². The molecule has 0 bridgehead atoms. The third-order valence-corrected chi connectivity index (χ3v) is 4.34. The van der Waals surface area contributed by atoms with Gasteiger partial charge in [-0.1, -0.05) is 16.8 Å². The summed E-state index contributed by atoms with van der Waals surface area (Å²) in [5, 5.41) is 7.82. The van der Waals surface area contributed by atoms with E-state index in [0.29, 0.717) is 33.8 Å². The molecular weight excluding hydrogens is 426 g/mol. The molecule has 0 aliphatic carbocycles. The number of aromatic nitrogens is 3. The molecule has 0 N–H and O–H groups in total. The van der Waals surface area contributed by atoms with Crippen molar-refractivity contribution in [3.63, 3.8) is 0 Å². The van der Waals surface area contributed by atoms with Gasteiger partial charge in [0.1, 0.15) is 5.82 Å². The summed E-state index contributed by atoms with van der Waals surface area (Å²) in [6.45, 7) is 0.855. The highest BCUT2D eigenvalue weighted by molar-refractivity contribution is 14.1. The van der Waals surface area contributed by atoms with Crippen molar-refractivity contribution in [2.75, 3.05) is 11.4 Å². The summed E-state index contributed by atoms with van der Waals surface area (Å²) in [6.07, 6.45) is 1.26. The van der Waals surface area contributed by atoms with E-state index in [1.54, 1.807) is 27.9 Å². The van der Waals surface area contributed by atoms with Gasteiger partial charge in [-0.3, -0.25) is 4.79 Å². The van der Waals surface area contributed by atoms with Crippen molar-refractivity contribution >= 4 is 46.2 Å². The number of anilines is 1. The van der Waals surface area contributed by atoms with Gasteiger partial charge in [0.25, 0.3) is 0 Å². The minimum atomic E-state index is -0.747. The Morgan fingerprint density at radius 3 is 3.00 bits per heavy atom. The van der Waals surface area contributed by atoms with Crippen molar-refractivity contribution in [1.82, 2.24) is 15.0 Å². The average molecular weight is 437 g/mol. The lowest BCUT2D eigenvalue weighted by Crippen LogP contribution is -2.31. The van der Waals surface area contributed by atoms with Crippen LogP contribution in [0.2, 0.25) is 5.15 Å². The van der Waals surface area contributed by atoms with Gasteiger partial charge in [0.15, 0.2) is 17.7 Å². The van der Waals surface area contributed by atoms with E-state index in [4.69, 9.17) is 16.3 Å². The molecule has 0 spiro atoms. The van der Waals surface area contributed by atoms with Gasteiger partial charge in [-0.2, -0.15) is 0 Å². The largest absolute Gasteiger partial charge is 0.344 e. The second-order valence-corrected chi connectivity index (χ2v) is 6.35. The molecule has 2 heterocycles. The molecule has 1 saturated heterocycles. The molecule has 0 radical (unpaired) electrons. The Morgan fingerprint density at radius 1 is 1.55 bits per heavy atom. The molecule has 1 aliphatic rings. The molecule has 1 aromatic heterocycles. The SMILES string of the molecule is O=CC1O[C@@H](Cn2cc(Cl)nn2)CN1c1ccc(I)c(F)c1. The Balaban J connectivity index is 1.76. The molecule has 0 amide bonds. The van der Waals surface area contributed by atoms with Crippen LogP contribution in [0.15, 0.2) is 24.4 Å². The number of aldehydes is 1. The fraction of sp³-hybridized carbons (Fsp3) is 0.308. The Kier molecular flexibility index (Phi) is 4.59. The summed E-state index contributed by atoms with van der Waals surface area (Å²) >= 11 is 7.63. The van der Waals surface area contributed by atoms with Crippen molar-refractivity contribution in [1.29, 1.82) is 0 Å². The number of hydrogen-bond donors (Lipinski definition) is 0. The monoisotopic (exact) mass is 436 g/mol. The van der Waals surface area contributed by atoms with Crippen LogP contribution >= 0.6 is 34.2 Å². The molecule has 0 saturated carbocycles. The lowest BCUT2D eigenvalue weighted by Gasteiger charge is -2.20. The minimum Gasteiger partial charge on any atom is -0.344 e. The van der Waals surface area contributed by atoms with E-state index in [2.05, 4.69) is 10.3 Å². The van der Waals surface area contributed by atoms with E-state index in [1.807, 2.05) is 22.6 Å². The zero-order valence-electron chi connectivity index (χ0n) is 11.2. The zero-order valence-corrected chi connectivity index (χ0v) is 14.1. The summed E-state index contributed by atoms with van der Waals surface area (Å²) in [5.41, 5.74) is 0.606. The Hall–Kier alpha value is -1.26. The second-order valence-electron chi connectivity index (χ2n) is 4.80. The molecule has 3 rings (SSSR count). The van der Waals surface area contributed by atoms with Gasteiger partial charge < -0.3 is 9.64 Å². The molecule has 2 atom stereocenters.